The Kier molecular flexibility index (Phi) is 10.1. The average molecular weight is 747 g/mol. The zero-order valence-corrected chi connectivity index (χ0v) is 31.5. The fraction of sp³-hybridized carbons (Fsp3) is 0.415. The number of aryl methyl sites for hydroxylation is 1. The number of aromatic hydroxyl groups is 1. The van der Waals surface area contributed by atoms with E-state index < -0.39 is 12.3 Å². The van der Waals surface area contributed by atoms with Crippen LogP contribution in [0.3, 0.4) is 0 Å². The van der Waals surface area contributed by atoms with Crippen molar-refractivity contribution in [2.45, 2.75) is 44.5 Å². The second kappa shape index (κ2) is 15.3. The zero-order chi connectivity index (χ0) is 38.2. The highest BCUT2D eigenvalue weighted by Crippen LogP contribution is 2.33. The summed E-state index contributed by atoms with van der Waals surface area (Å²) in [4.78, 5) is 34.5. The summed E-state index contributed by atoms with van der Waals surface area (Å²) >= 11 is 0. The molecule has 14 heteroatoms. The highest BCUT2D eigenvalue weighted by atomic mass is 16.3. The highest BCUT2D eigenvalue weighted by Gasteiger charge is 2.32. The number of amides is 1. The maximum absolute atomic E-state index is 13.3. The number of carbonyl (C=O) groups is 1. The Balaban J connectivity index is 0.820. The van der Waals surface area contributed by atoms with E-state index in [9.17, 15) is 19.8 Å². The fourth-order valence-electron chi connectivity index (χ4n) is 8.58. The van der Waals surface area contributed by atoms with Gasteiger partial charge in [0.1, 0.15) is 12.0 Å². The summed E-state index contributed by atoms with van der Waals surface area (Å²) in [5.74, 6) is 0.968. The number of anilines is 4. The maximum atomic E-state index is 13.3. The minimum atomic E-state index is -1.08. The average Bonchev–Trinajstić information content (AvgIpc) is 3.44. The normalized spacial score (nSPS) is 19.7. The molecule has 0 bridgehead atoms. The number of piperazine rings is 1. The Labute approximate surface area is 320 Å². The van der Waals surface area contributed by atoms with Crippen molar-refractivity contribution in [2.75, 3.05) is 73.3 Å². The number of fused-ring (bicyclic) bond motifs is 1. The van der Waals surface area contributed by atoms with Gasteiger partial charge in [-0.15, -0.1) is 10.2 Å². The van der Waals surface area contributed by atoms with Gasteiger partial charge in [-0.25, -0.2) is 4.79 Å². The van der Waals surface area contributed by atoms with E-state index in [1.54, 1.807) is 28.3 Å². The number of aliphatic hydroxyl groups excluding tert-OH is 1. The van der Waals surface area contributed by atoms with Crippen molar-refractivity contribution < 1.29 is 15.0 Å². The van der Waals surface area contributed by atoms with Crippen LogP contribution in [0.1, 0.15) is 37.3 Å². The van der Waals surface area contributed by atoms with Crippen LogP contribution in [0, 0.1) is 5.92 Å². The van der Waals surface area contributed by atoms with Crippen molar-refractivity contribution in [1.82, 2.24) is 29.5 Å². The maximum Gasteiger partial charge on any atom is 0.329 e. The fourth-order valence-corrected chi connectivity index (χ4v) is 8.58. The Bertz CT molecular complexity index is 2220. The van der Waals surface area contributed by atoms with Crippen molar-refractivity contribution in [2.24, 2.45) is 13.0 Å². The number of aromatic nitrogens is 4. The molecule has 14 nitrogen and oxygen atoms in total. The molecular formula is C41H50N10O4. The first-order valence-corrected chi connectivity index (χ1v) is 19.2. The molecular weight excluding hydrogens is 697 g/mol. The molecule has 3 saturated heterocycles. The zero-order valence-electron chi connectivity index (χ0n) is 31.5. The van der Waals surface area contributed by atoms with Crippen LogP contribution in [0.2, 0.25) is 0 Å². The number of para-hydroxylation sites is 1. The highest BCUT2D eigenvalue weighted by molar-refractivity contribution is 5.81. The summed E-state index contributed by atoms with van der Waals surface area (Å²) in [5, 5.41) is 31.8. The lowest BCUT2D eigenvalue weighted by Gasteiger charge is -2.37. The number of rotatable bonds is 9. The van der Waals surface area contributed by atoms with Crippen molar-refractivity contribution in [3.63, 3.8) is 0 Å². The summed E-state index contributed by atoms with van der Waals surface area (Å²) in [5.41, 5.74) is 13.4. The number of piperidine rings is 2. The van der Waals surface area contributed by atoms with E-state index in [0.29, 0.717) is 29.4 Å². The molecule has 0 saturated carbocycles. The van der Waals surface area contributed by atoms with E-state index >= 15 is 0 Å². The van der Waals surface area contributed by atoms with E-state index in [2.05, 4.69) is 78.6 Å². The van der Waals surface area contributed by atoms with Gasteiger partial charge in [-0.05, 0) is 86.3 Å². The van der Waals surface area contributed by atoms with Crippen LogP contribution in [0.5, 0.6) is 5.75 Å². The number of phenolic OH excluding ortho intramolecular Hbond substituents is 1. The Morgan fingerprint density at radius 3 is 2.25 bits per heavy atom. The lowest BCUT2D eigenvalue weighted by Crippen LogP contribution is -2.47. The molecule has 3 aliphatic heterocycles. The van der Waals surface area contributed by atoms with Crippen LogP contribution in [0.25, 0.3) is 22.3 Å². The van der Waals surface area contributed by atoms with E-state index in [1.807, 2.05) is 24.3 Å². The van der Waals surface area contributed by atoms with Crippen LogP contribution in [-0.2, 0) is 18.4 Å². The van der Waals surface area contributed by atoms with Crippen molar-refractivity contribution in [1.29, 1.82) is 0 Å². The molecule has 3 fully saturated rings. The monoisotopic (exact) mass is 746 g/mol. The predicted octanol–water partition coefficient (Wildman–Crippen LogP) is 3.53. The summed E-state index contributed by atoms with van der Waals surface area (Å²) in [6.45, 7) is 7.15. The smallest absolute Gasteiger partial charge is 0.329 e. The minimum Gasteiger partial charge on any atom is -0.507 e. The molecule has 5 heterocycles. The van der Waals surface area contributed by atoms with Gasteiger partial charge in [-0.1, -0.05) is 24.3 Å². The molecule has 5 N–H and O–H groups in total. The summed E-state index contributed by atoms with van der Waals surface area (Å²) in [6.07, 6.45) is 1.82. The summed E-state index contributed by atoms with van der Waals surface area (Å²) in [7, 11) is 3.97. The van der Waals surface area contributed by atoms with Crippen LogP contribution in [-0.4, -0.2) is 99.4 Å². The van der Waals surface area contributed by atoms with E-state index in [0.717, 1.165) is 87.6 Å². The molecule has 8 rings (SSSR count). The first kappa shape index (κ1) is 36.4. The lowest BCUT2D eigenvalue weighted by atomic mass is 9.95. The number of nitrogen functional groups attached to an aromatic ring is 1. The molecule has 2 unspecified atom stereocenters. The third-order valence-corrected chi connectivity index (χ3v) is 11.7. The number of hydrogen-bond donors (Lipinski definition) is 4. The van der Waals surface area contributed by atoms with Gasteiger partial charge in [-0.2, -0.15) is 0 Å². The quantitative estimate of drug-likeness (QED) is 0.175. The molecule has 2 atom stereocenters. The topological polar surface area (TPSA) is 161 Å². The van der Waals surface area contributed by atoms with Crippen LogP contribution in [0.15, 0.2) is 77.6 Å². The minimum absolute atomic E-state index is 0.167. The number of hydrogen-bond acceptors (Lipinski definition) is 11. The van der Waals surface area contributed by atoms with E-state index in [1.165, 1.54) is 11.3 Å². The first-order chi connectivity index (χ1) is 26.6. The second-order valence-corrected chi connectivity index (χ2v) is 15.3. The van der Waals surface area contributed by atoms with Gasteiger partial charge in [-0.3, -0.25) is 13.9 Å². The number of phenols is 1. The van der Waals surface area contributed by atoms with E-state index in [4.69, 9.17) is 5.73 Å². The number of benzene rings is 3. The molecule has 5 aromatic rings. The number of nitrogens with zero attached hydrogens (tertiary/aromatic N) is 8. The first-order valence-electron chi connectivity index (χ1n) is 19.2. The Hall–Kier alpha value is -5.60. The third kappa shape index (κ3) is 7.43. The molecule has 3 aliphatic rings. The lowest BCUT2D eigenvalue weighted by molar-refractivity contribution is -0.128. The third-order valence-electron chi connectivity index (χ3n) is 11.7. The Morgan fingerprint density at radius 1 is 0.836 bits per heavy atom. The molecule has 288 valence electrons. The molecule has 2 aromatic heterocycles. The molecule has 0 spiro atoms. The van der Waals surface area contributed by atoms with Gasteiger partial charge >= 0.3 is 5.69 Å². The van der Waals surface area contributed by atoms with Gasteiger partial charge in [0.15, 0.2) is 5.82 Å². The molecule has 55 heavy (non-hydrogen) atoms. The van der Waals surface area contributed by atoms with Crippen LogP contribution < -0.4 is 31.4 Å². The largest absolute Gasteiger partial charge is 0.507 e. The van der Waals surface area contributed by atoms with Gasteiger partial charge in [0.25, 0.3) is 0 Å². The molecule has 0 aliphatic carbocycles. The van der Waals surface area contributed by atoms with Gasteiger partial charge in [0, 0.05) is 82.8 Å². The van der Waals surface area contributed by atoms with Gasteiger partial charge < -0.3 is 40.9 Å². The number of nitrogens with one attached hydrogen (secondary N) is 1. The summed E-state index contributed by atoms with van der Waals surface area (Å²) < 4.78 is 3.28. The second-order valence-electron chi connectivity index (χ2n) is 15.3. The van der Waals surface area contributed by atoms with Crippen LogP contribution >= 0.6 is 0 Å². The molecule has 1 amide bonds. The van der Waals surface area contributed by atoms with E-state index in [-0.39, 0.29) is 23.8 Å². The number of nitrogens with two attached hydrogens (primary N) is 1. The molecule has 3 aromatic carbocycles. The van der Waals surface area contributed by atoms with Crippen molar-refractivity contribution >= 4 is 39.8 Å². The Morgan fingerprint density at radius 2 is 1.53 bits per heavy atom. The van der Waals surface area contributed by atoms with Crippen molar-refractivity contribution in [3.05, 3.63) is 88.8 Å². The summed E-state index contributed by atoms with van der Waals surface area (Å²) in [6, 6.07) is 23.6. The number of imidazole rings is 1. The number of carbonyl (C=O) groups excluding carboxylic acids is 1. The number of aliphatic hydroxyl groups is 1. The van der Waals surface area contributed by atoms with Gasteiger partial charge in [0.05, 0.1) is 28.5 Å². The predicted molar refractivity (Wildman–Crippen MR) is 215 cm³/mol. The van der Waals surface area contributed by atoms with Gasteiger partial charge in [0.2, 0.25) is 5.91 Å². The van der Waals surface area contributed by atoms with Crippen molar-refractivity contribution in [3.8, 4) is 17.0 Å². The van der Waals surface area contributed by atoms with Crippen LogP contribution in [0.4, 0.5) is 22.9 Å². The standard InChI is InChI=1S/C41H50N10O4/c1-46(26-28-15-17-48(18-16-28)30-11-12-33-35(23-30)47(2)41(55)51(33)34-13-14-38(53)43-40(34)54)25-27-7-9-29(10-8-27)49-19-21-50(22-20-49)36-24-32(44-45-39(36)42)31-5-3-4-6-37(31)52/h3-12,23-24,28,34,40,52,54H,13-22,25-26H2,1-2H3,(H2,42,45)(H,43,53). The SMILES string of the molecule is CN(Cc1ccc(N2CCN(c3cc(-c4ccccc4O)nnc3N)CC2)cc1)CC1CCN(c2ccc3c(c2)n(C)c(=O)n3C2CCC(=O)NC2O)CC1. The molecule has 0 radical (unpaired) electrons.